The molecule has 0 amide bonds. The first-order valence-electron chi connectivity index (χ1n) is 5.09. The molecule has 4 heteroatoms. The van der Waals surface area contributed by atoms with Crippen molar-refractivity contribution in [2.75, 3.05) is 12.8 Å². The molecule has 1 aromatic rings. The number of hydrogen-bond acceptors (Lipinski definition) is 4. The Bertz CT molecular complexity index is 402. The first kappa shape index (κ1) is 9.96. The van der Waals surface area contributed by atoms with Crippen molar-refractivity contribution in [1.82, 2.24) is 4.98 Å². The number of ether oxygens (including phenoxy) is 1. The van der Waals surface area contributed by atoms with Crippen LogP contribution >= 0.6 is 0 Å². The number of anilines is 1. The van der Waals surface area contributed by atoms with Gasteiger partial charge < -0.3 is 10.5 Å². The van der Waals surface area contributed by atoms with E-state index in [0.717, 1.165) is 36.9 Å². The molecule has 0 aromatic carbocycles. The highest BCUT2D eigenvalue weighted by Crippen LogP contribution is 2.23. The largest absolute Gasteiger partial charge is 0.465 e. The van der Waals surface area contributed by atoms with Crippen LogP contribution in [0.15, 0.2) is 6.07 Å². The van der Waals surface area contributed by atoms with Crippen molar-refractivity contribution in [2.24, 2.45) is 0 Å². The number of rotatable bonds is 1. The molecule has 2 N–H and O–H groups in total. The van der Waals surface area contributed by atoms with Crippen molar-refractivity contribution in [3.63, 3.8) is 0 Å². The summed E-state index contributed by atoms with van der Waals surface area (Å²) in [4.78, 5) is 15.6. The van der Waals surface area contributed by atoms with E-state index in [-0.39, 0.29) is 5.82 Å². The SMILES string of the molecule is COC(=O)c1cc2c(nc1N)CCCC2. The average molecular weight is 206 g/mol. The minimum absolute atomic E-state index is 0.280. The number of fused-ring (bicyclic) bond motifs is 1. The van der Waals surface area contributed by atoms with Gasteiger partial charge in [-0.1, -0.05) is 0 Å². The third-order valence-electron chi connectivity index (χ3n) is 2.74. The fraction of sp³-hybridized carbons (Fsp3) is 0.455. The lowest BCUT2D eigenvalue weighted by Crippen LogP contribution is -2.13. The lowest BCUT2D eigenvalue weighted by molar-refractivity contribution is 0.0601. The summed E-state index contributed by atoms with van der Waals surface area (Å²) in [6.07, 6.45) is 4.24. The molecule has 0 bridgehead atoms. The van der Waals surface area contributed by atoms with Gasteiger partial charge >= 0.3 is 5.97 Å². The van der Waals surface area contributed by atoms with Gasteiger partial charge in [0.2, 0.25) is 0 Å². The molecule has 1 heterocycles. The third kappa shape index (κ3) is 1.79. The highest BCUT2D eigenvalue weighted by Gasteiger charge is 2.17. The molecular formula is C11H14N2O2. The maximum atomic E-state index is 11.4. The van der Waals surface area contributed by atoms with Crippen LogP contribution in [-0.2, 0) is 17.6 Å². The van der Waals surface area contributed by atoms with Gasteiger partial charge in [0.05, 0.1) is 7.11 Å². The number of methoxy groups -OCH3 is 1. The molecule has 2 rings (SSSR count). The number of nitrogens with zero attached hydrogens (tertiary/aromatic N) is 1. The Morgan fingerprint density at radius 1 is 1.47 bits per heavy atom. The smallest absolute Gasteiger partial charge is 0.341 e. The lowest BCUT2D eigenvalue weighted by atomic mass is 9.95. The van der Waals surface area contributed by atoms with Crippen molar-refractivity contribution in [1.29, 1.82) is 0 Å². The summed E-state index contributed by atoms with van der Waals surface area (Å²) in [5.74, 6) is -0.129. The fourth-order valence-electron chi connectivity index (χ4n) is 1.92. The normalized spacial score (nSPS) is 14.5. The van der Waals surface area contributed by atoms with E-state index in [1.807, 2.05) is 6.07 Å². The summed E-state index contributed by atoms with van der Waals surface area (Å²) >= 11 is 0. The molecule has 15 heavy (non-hydrogen) atoms. The van der Waals surface area contributed by atoms with E-state index >= 15 is 0 Å². The number of hydrogen-bond donors (Lipinski definition) is 1. The molecule has 1 aromatic heterocycles. The number of nitrogen functional groups attached to an aromatic ring is 1. The third-order valence-corrected chi connectivity index (χ3v) is 2.74. The molecule has 1 aliphatic carbocycles. The van der Waals surface area contributed by atoms with Gasteiger partial charge in [-0.15, -0.1) is 0 Å². The average Bonchev–Trinajstić information content (AvgIpc) is 2.27. The monoisotopic (exact) mass is 206 g/mol. The zero-order chi connectivity index (χ0) is 10.8. The number of aryl methyl sites for hydroxylation is 2. The van der Waals surface area contributed by atoms with Crippen molar-refractivity contribution >= 4 is 11.8 Å². The van der Waals surface area contributed by atoms with Crippen LogP contribution in [0.2, 0.25) is 0 Å². The van der Waals surface area contributed by atoms with Gasteiger partial charge in [-0.2, -0.15) is 0 Å². The van der Waals surface area contributed by atoms with E-state index in [4.69, 9.17) is 5.73 Å². The molecule has 1 aliphatic rings. The molecule has 80 valence electrons. The number of carbonyl (C=O) groups excluding carboxylic acids is 1. The van der Waals surface area contributed by atoms with Crippen LogP contribution in [0.1, 0.15) is 34.5 Å². The van der Waals surface area contributed by atoms with Crippen molar-refractivity contribution in [2.45, 2.75) is 25.7 Å². The molecule has 4 nitrogen and oxygen atoms in total. The van der Waals surface area contributed by atoms with E-state index in [9.17, 15) is 4.79 Å². The fourth-order valence-corrected chi connectivity index (χ4v) is 1.92. The highest BCUT2D eigenvalue weighted by atomic mass is 16.5. The topological polar surface area (TPSA) is 65.2 Å². The maximum absolute atomic E-state index is 11.4. The van der Waals surface area contributed by atoms with Crippen molar-refractivity contribution in [3.05, 3.63) is 22.9 Å². The zero-order valence-corrected chi connectivity index (χ0v) is 8.75. The highest BCUT2D eigenvalue weighted by molar-refractivity contribution is 5.94. The Hall–Kier alpha value is -1.58. The van der Waals surface area contributed by atoms with Crippen LogP contribution in [0.3, 0.4) is 0 Å². The molecule has 0 radical (unpaired) electrons. The van der Waals surface area contributed by atoms with Gasteiger partial charge in [-0.05, 0) is 37.3 Å². The number of aromatic nitrogens is 1. The summed E-state index contributed by atoms with van der Waals surface area (Å²) in [5, 5.41) is 0. The Labute approximate surface area is 88.4 Å². The summed E-state index contributed by atoms with van der Waals surface area (Å²) in [6, 6.07) is 1.82. The predicted molar refractivity (Wildman–Crippen MR) is 56.6 cm³/mol. The minimum Gasteiger partial charge on any atom is -0.465 e. The van der Waals surface area contributed by atoms with Gasteiger partial charge in [0.25, 0.3) is 0 Å². The molecule has 0 spiro atoms. The Balaban J connectivity index is 2.44. The number of nitrogens with two attached hydrogens (primary N) is 1. The van der Waals surface area contributed by atoms with Gasteiger partial charge in [0, 0.05) is 5.69 Å². The first-order chi connectivity index (χ1) is 7.22. The molecule has 0 unspecified atom stereocenters. The number of esters is 1. The van der Waals surface area contributed by atoms with Gasteiger partial charge in [-0.3, -0.25) is 0 Å². The minimum atomic E-state index is -0.409. The zero-order valence-electron chi connectivity index (χ0n) is 8.75. The summed E-state index contributed by atoms with van der Waals surface area (Å²) < 4.78 is 4.65. The van der Waals surface area contributed by atoms with E-state index in [1.54, 1.807) is 0 Å². The first-order valence-corrected chi connectivity index (χ1v) is 5.09. The molecule has 0 saturated heterocycles. The van der Waals surface area contributed by atoms with Crippen LogP contribution < -0.4 is 5.73 Å². The van der Waals surface area contributed by atoms with E-state index in [2.05, 4.69) is 9.72 Å². The van der Waals surface area contributed by atoms with Gasteiger partial charge in [0.1, 0.15) is 11.4 Å². The molecule has 0 atom stereocenters. The van der Waals surface area contributed by atoms with Crippen LogP contribution in [0.25, 0.3) is 0 Å². The quantitative estimate of drug-likeness (QED) is 0.704. The second-order valence-electron chi connectivity index (χ2n) is 3.73. The second kappa shape index (κ2) is 3.88. The van der Waals surface area contributed by atoms with Crippen LogP contribution in [0.4, 0.5) is 5.82 Å². The molecule has 0 fully saturated rings. The van der Waals surface area contributed by atoms with Crippen molar-refractivity contribution in [3.8, 4) is 0 Å². The molecule has 0 saturated carbocycles. The summed E-state index contributed by atoms with van der Waals surface area (Å²) in [6.45, 7) is 0. The van der Waals surface area contributed by atoms with Gasteiger partial charge in [-0.25, -0.2) is 9.78 Å². The second-order valence-corrected chi connectivity index (χ2v) is 3.73. The van der Waals surface area contributed by atoms with Crippen molar-refractivity contribution < 1.29 is 9.53 Å². The molecule has 0 aliphatic heterocycles. The van der Waals surface area contributed by atoms with Crippen LogP contribution in [-0.4, -0.2) is 18.1 Å². The van der Waals surface area contributed by atoms with E-state index < -0.39 is 5.97 Å². The Kier molecular flexibility index (Phi) is 2.58. The van der Waals surface area contributed by atoms with Crippen LogP contribution in [0, 0.1) is 0 Å². The summed E-state index contributed by atoms with van der Waals surface area (Å²) in [7, 11) is 1.35. The molecular weight excluding hydrogens is 192 g/mol. The number of pyridine rings is 1. The summed E-state index contributed by atoms with van der Waals surface area (Å²) in [5.41, 5.74) is 8.27. The van der Waals surface area contributed by atoms with Gasteiger partial charge in [0.15, 0.2) is 0 Å². The van der Waals surface area contributed by atoms with E-state index in [1.165, 1.54) is 7.11 Å². The standard InChI is InChI=1S/C11H14N2O2/c1-15-11(14)8-6-7-4-2-3-5-9(7)13-10(8)12/h6H,2-5H2,1H3,(H2,12,13). The van der Waals surface area contributed by atoms with Crippen LogP contribution in [0.5, 0.6) is 0 Å². The number of carbonyl (C=O) groups is 1. The van der Waals surface area contributed by atoms with E-state index in [0.29, 0.717) is 5.56 Å². The Morgan fingerprint density at radius 2 is 2.20 bits per heavy atom. The Morgan fingerprint density at radius 3 is 2.93 bits per heavy atom. The predicted octanol–water partition coefficient (Wildman–Crippen LogP) is 1.33. The lowest BCUT2D eigenvalue weighted by Gasteiger charge is -2.16. The maximum Gasteiger partial charge on any atom is 0.341 e.